The van der Waals surface area contributed by atoms with E-state index in [0.717, 1.165) is 3.57 Å². The van der Waals surface area contributed by atoms with Gasteiger partial charge in [0.1, 0.15) is 0 Å². The molecule has 22 heavy (non-hydrogen) atoms. The van der Waals surface area contributed by atoms with Crippen molar-refractivity contribution in [1.29, 1.82) is 0 Å². The molecule has 0 bridgehead atoms. The van der Waals surface area contributed by atoms with Crippen molar-refractivity contribution in [2.45, 2.75) is 19.9 Å². The van der Waals surface area contributed by atoms with Crippen molar-refractivity contribution in [2.24, 2.45) is 0 Å². The van der Waals surface area contributed by atoms with Gasteiger partial charge in [-0.15, -0.1) is 0 Å². The van der Waals surface area contributed by atoms with Gasteiger partial charge in [-0.2, -0.15) is 0 Å². The smallest absolute Gasteiger partial charge is 0.256 e. The number of anilines is 1. The summed E-state index contributed by atoms with van der Waals surface area (Å²) in [5.74, 6) is -0.427. The first kappa shape index (κ1) is 16.5. The van der Waals surface area contributed by atoms with Crippen LogP contribution in [0.25, 0.3) is 0 Å². The first-order chi connectivity index (χ1) is 10.5. The van der Waals surface area contributed by atoms with Crippen LogP contribution in [-0.2, 0) is 0 Å². The number of nitrogens with one attached hydrogen (secondary N) is 2. The van der Waals surface area contributed by atoms with Gasteiger partial charge in [-0.3, -0.25) is 9.59 Å². The molecule has 0 aliphatic rings. The van der Waals surface area contributed by atoms with E-state index >= 15 is 0 Å². The molecule has 0 aromatic heterocycles. The maximum atomic E-state index is 12.4. The number of carbonyl (C=O) groups is 2. The zero-order valence-electron chi connectivity index (χ0n) is 12.4. The Labute approximate surface area is 143 Å². The highest BCUT2D eigenvalue weighted by Crippen LogP contribution is 2.18. The van der Waals surface area contributed by atoms with Crippen LogP contribution in [0.4, 0.5) is 5.69 Å². The number of amides is 2. The molecule has 0 saturated carbocycles. The van der Waals surface area contributed by atoms with E-state index in [2.05, 4.69) is 33.2 Å². The molecule has 2 amide bonds. The molecule has 2 N–H and O–H groups in total. The molecular weight excluding hydrogens is 391 g/mol. The Balaban J connectivity index is 2.25. The summed E-state index contributed by atoms with van der Waals surface area (Å²) in [7, 11) is 0. The third kappa shape index (κ3) is 4.07. The fourth-order valence-corrected chi connectivity index (χ4v) is 2.60. The van der Waals surface area contributed by atoms with E-state index in [1.165, 1.54) is 0 Å². The molecule has 0 spiro atoms. The monoisotopic (exact) mass is 408 g/mol. The quantitative estimate of drug-likeness (QED) is 0.759. The fraction of sp³-hybridized carbons (Fsp3) is 0.176. The topological polar surface area (TPSA) is 58.2 Å². The van der Waals surface area contributed by atoms with Crippen LogP contribution >= 0.6 is 22.6 Å². The van der Waals surface area contributed by atoms with Crippen LogP contribution in [0.5, 0.6) is 0 Å². The SMILES string of the molecule is CC(C)NC(=O)c1ccccc1NC(=O)c1ccccc1I. The lowest BCUT2D eigenvalue weighted by Crippen LogP contribution is -2.31. The Morgan fingerprint density at radius 1 is 0.909 bits per heavy atom. The van der Waals surface area contributed by atoms with E-state index in [-0.39, 0.29) is 17.9 Å². The number of hydrogen-bond acceptors (Lipinski definition) is 2. The van der Waals surface area contributed by atoms with Crippen molar-refractivity contribution in [3.8, 4) is 0 Å². The van der Waals surface area contributed by atoms with Crippen molar-refractivity contribution in [1.82, 2.24) is 5.32 Å². The van der Waals surface area contributed by atoms with Crippen LogP contribution < -0.4 is 10.6 Å². The average Bonchev–Trinajstić information content (AvgIpc) is 2.47. The number of rotatable bonds is 4. The van der Waals surface area contributed by atoms with Gasteiger partial charge in [0, 0.05) is 9.61 Å². The zero-order chi connectivity index (χ0) is 16.1. The molecule has 5 heteroatoms. The molecule has 4 nitrogen and oxygen atoms in total. The highest BCUT2D eigenvalue weighted by molar-refractivity contribution is 14.1. The minimum Gasteiger partial charge on any atom is -0.350 e. The standard InChI is InChI=1S/C17H17IN2O2/c1-11(2)19-17(22)13-8-4-6-10-15(13)20-16(21)12-7-3-5-9-14(12)18/h3-11H,1-2H3,(H,19,22)(H,20,21). The van der Waals surface area contributed by atoms with Gasteiger partial charge in [0.05, 0.1) is 16.8 Å². The molecule has 2 aromatic carbocycles. The van der Waals surface area contributed by atoms with Crippen LogP contribution in [-0.4, -0.2) is 17.9 Å². The molecule has 0 aliphatic carbocycles. The average molecular weight is 408 g/mol. The van der Waals surface area contributed by atoms with Gasteiger partial charge >= 0.3 is 0 Å². The lowest BCUT2D eigenvalue weighted by molar-refractivity contribution is 0.0944. The van der Waals surface area contributed by atoms with E-state index in [1.807, 2.05) is 32.0 Å². The van der Waals surface area contributed by atoms with Crippen molar-refractivity contribution >= 4 is 40.1 Å². The van der Waals surface area contributed by atoms with Gasteiger partial charge in [0.25, 0.3) is 11.8 Å². The maximum absolute atomic E-state index is 12.4. The Morgan fingerprint density at radius 2 is 1.50 bits per heavy atom. The van der Waals surface area contributed by atoms with E-state index in [4.69, 9.17) is 0 Å². The summed E-state index contributed by atoms with van der Waals surface area (Å²) in [4.78, 5) is 24.6. The largest absolute Gasteiger partial charge is 0.350 e. The summed E-state index contributed by atoms with van der Waals surface area (Å²) < 4.78 is 0.863. The minimum atomic E-state index is -0.227. The first-order valence-electron chi connectivity index (χ1n) is 6.95. The normalized spacial score (nSPS) is 10.4. The molecule has 0 atom stereocenters. The van der Waals surface area contributed by atoms with Crippen LogP contribution in [0.3, 0.4) is 0 Å². The summed E-state index contributed by atoms with van der Waals surface area (Å²) in [5.41, 5.74) is 1.54. The fourth-order valence-electron chi connectivity index (χ4n) is 1.97. The predicted octanol–water partition coefficient (Wildman–Crippen LogP) is 3.68. The lowest BCUT2D eigenvalue weighted by atomic mass is 10.1. The summed E-state index contributed by atoms with van der Waals surface area (Å²) in [6.45, 7) is 3.79. The van der Waals surface area contributed by atoms with Crippen molar-refractivity contribution in [3.63, 3.8) is 0 Å². The number of halogens is 1. The van der Waals surface area contributed by atoms with Gasteiger partial charge in [-0.05, 0) is 60.7 Å². The second-order valence-corrected chi connectivity index (χ2v) is 6.27. The molecule has 114 valence electrons. The lowest BCUT2D eigenvalue weighted by Gasteiger charge is -2.13. The van der Waals surface area contributed by atoms with Gasteiger partial charge in [-0.25, -0.2) is 0 Å². The molecule has 0 saturated heterocycles. The van der Waals surface area contributed by atoms with Gasteiger partial charge in [0.15, 0.2) is 0 Å². The highest BCUT2D eigenvalue weighted by atomic mass is 127. The molecule has 2 rings (SSSR count). The molecule has 0 fully saturated rings. The van der Waals surface area contributed by atoms with Crippen LogP contribution in [0.2, 0.25) is 0 Å². The molecule has 2 aromatic rings. The molecular formula is C17H17IN2O2. The van der Waals surface area contributed by atoms with E-state index in [1.54, 1.807) is 30.3 Å². The summed E-state index contributed by atoms with van der Waals surface area (Å²) in [6, 6.07) is 14.3. The van der Waals surface area contributed by atoms with Crippen molar-refractivity contribution in [2.75, 3.05) is 5.32 Å². The Kier molecular flexibility index (Phi) is 5.54. The second-order valence-electron chi connectivity index (χ2n) is 5.11. The van der Waals surface area contributed by atoms with Crippen molar-refractivity contribution < 1.29 is 9.59 Å². The van der Waals surface area contributed by atoms with Gasteiger partial charge in [-0.1, -0.05) is 24.3 Å². The van der Waals surface area contributed by atoms with E-state index < -0.39 is 0 Å². The van der Waals surface area contributed by atoms with Crippen molar-refractivity contribution in [3.05, 3.63) is 63.2 Å². The Hall–Kier alpha value is -1.89. The van der Waals surface area contributed by atoms with Crippen LogP contribution in [0, 0.1) is 3.57 Å². The number of carbonyl (C=O) groups excluding carboxylic acids is 2. The molecule has 0 unspecified atom stereocenters. The first-order valence-corrected chi connectivity index (χ1v) is 8.02. The Morgan fingerprint density at radius 3 is 2.14 bits per heavy atom. The number of benzene rings is 2. The van der Waals surface area contributed by atoms with Crippen LogP contribution in [0.15, 0.2) is 48.5 Å². The molecule has 0 aliphatic heterocycles. The molecule has 0 radical (unpaired) electrons. The zero-order valence-corrected chi connectivity index (χ0v) is 14.5. The minimum absolute atomic E-state index is 0.0336. The Bertz CT molecular complexity index is 699. The highest BCUT2D eigenvalue weighted by Gasteiger charge is 2.15. The third-order valence-electron chi connectivity index (χ3n) is 2.96. The second kappa shape index (κ2) is 7.40. The predicted molar refractivity (Wildman–Crippen MR) is 96.2 cm³/mol. The van der Waals surface area contributed by atoms with Gasteiger partial charge in [0.2, 0.25) is 0 Å². The van der Waals surface area contributed by atoms with Crippen LogP contribution in [0.1, 0.15) is 34.6 Å². The van der Waals surface area contributed by atoms with E-state index in [9.17, 15) is 9.59 Å². The number of hydrogen-bond donors (Lipinski definition) is 2. The summed E-state index contributed by atoms with van der Waals surface area (Å²) in [6.07, 6.45) is 0. The number of para-hydroxylation sites is 1. The third-order valence-corrected chi connectivity index (χ3v) is 3.90. The maximum Gasteiger partial charge on any atom is 0.256 e. The van der Waals surface area contributed by atoms with Gasteiger partial charge < -0.3 is 10.6 Å². The van der Waals surface area contributed by atoms with E-state index in [0.29, 0.717) is 16.8 Å². The summed E-state index contributed by atoms with van der Waals surface area (Å²) in [5, 5.41) is 5.65. The molecule has 0 heterocycles. The summed E-state index contributed by atoms with van der Waals surface area (Å²) >= 11 is 2.12.